The minimum Gasteiger partial charge on any atom is -0.348 e. The normalized spacial score (nSPS) is 24.9. The summed E-state index contributed by atoms with van der Waals surface area (Å²) in [5.74, 6) is 1.61. The molecule has 1 aliphatic heterocycles. The van der Waals surface area contributed by atoms with E-state index < -0.39 is 0 Å². The molecule has 0 aromatic carbocycles. The van der Waals surface area contributed by atoms with Gasteiger partial charge < -0.3 is 10.2 Å². The van der Waals surface area contributed by atoms with Crippen LogP contribution in [-0.2, 0) is 0 Å². The molecule has 0 saturated carbocycles. The molecule has 1 fully saturated rings. The highest BCUT2D eigenvalue weighted by Crippen LogP contribution is 2.34. The van der Waals surface area contributed by atoms with E-state index in [9.17, 15) is 0 Å². The van der Waals surface area contributed by atoms with E-state index in [0.29, 0.717) is 6.04 Å². The fourth-order valence-corrected chi connectivity index (χ4v) is 3.95. The van der Waals surface area contributed by atoms with E-state index in [1.807, 2.05) is 11.3 Å². The van der Waals surface area contributed by atoms with Crippen molar-refractivity contribution in [1.29, 1.82) is 0 Å². The summed E-state index contributed by atoms with van der Waals surface area (Å²) >= 11 is 1.88. The van der Waals surface area contributed by atoms with Crippen molar-refractivity contribution >= 4 is 16.5 Å². The van der Waals surface area contributed by atoms with Crippen molar-refractivity contribution in [3.05, 3.63) is 10.6 Å². The Kier molecular flexibility index (Phi) is 5.44. The molecule has 0 amide bonds. The molecular weight excluding hydrogens is 266 g/mol. The van der Waals surface area contributed by atoms with E-state index in [2.05, 4.69) is 44.8 Å². The van der Waals surface area contributed by atoms with Gasteiger partial charge in [0.2, 0.25) is 0 Å². The Morgan fingerprint density at radius 3 is 2.80 bits per heavy atom. The number of piperidine rings is 1. The average molecular weight is 295 g/mol. The molecule has 1 aromatic rings. The number of hydrogen-bond acceptors (Lipinski definition) is 4. The zero-order valence-corrected chi connectivity index (χ0v) is 14.4. The number of anilines is 1. The van der Waals surface area contributed by atoms with Gasteiger partial charge in [0.25, 0.3) is 0 Å². The molecule has 3 nitrogen and oxygen atoms in total. The van der Waals surface area contributed by atoms with Gasteiger partial charge in [-0.25, -0.2) is 4.98 Å². The van der Waals surface area contributed by atoms with Crippen molar-refractivity contribution in [3.63, 3.8) is 0 Å². The summed E-state index contributed by atoms with van der Waals surface area (Å²) in [5.41, 5.74) is 1.20. The summed E-state index contributed by atoms with van der Waals surface area (Å²) in [6.07, 6.45) is 2.47. The van der Waals surface area contributed by atoms with Gasteiger partial charge in [0, 0.05) is 24.0 Å². The maximum atomic E-state index is 4.83. The second kappa shape index (κ2) is 6.90. The van der Waals surface area contributed by atoms with Gasteiger partial charge in [-0.2, -0.15) is 0 Å². The molecule has 4 heteroatoms. The third kappa shape index (κ3) is 3.53. The van der Waals surface area contributed by atoms with Crippen molar-refractivity contribution in [1.82, 2.24) is 10.3 Å². The molecule has 1 saturated heterocycles. The van der Waals surface area contributed by atoms with E-state index in [4.69, 9.17) is 4.98 Å². The fourth-order valence-electron chi connectivity index (χ4n) is 2.82. The number of aryl methyl sites for hydroxylation is 1. The highest BCUT2D eigenvalue weighted by molar-refractivity contribution is 7.15. The first-order valence-corrected chi connectivity index (χ1v) is 8.80. The molecule has 0 radical (unpaired) electrons. The lowest BCUT2D eigenvalue weighted by atomic mass is 9.89. The Balaban J connectivity index is 2.07. The quantitative estimate of drug-likeness (QED) is 0.890. The number of nitrogens with one attached hydrogen (secondary N) is 1. The van der Waals surface area contributed by atoms with E-state index in [1.165, 1.54) is 28.5 Å². The second-order valence-electron chi connectivity index (χ2n) is 6.31. The highest BCUT2D eigenvalue weighted by atomic mass is 32.1. The molecule has 0 bridgehead atoms. The third-order valence-corrected chi connectivity index (χ3v) is 5.92. The molecule has 1 N–H and O–H groups in total. The molecule has 3 atom stereocenters. The zero-order chi connectivity index (χ0) is 14.7. The first-order chi connectivity index (χ1) is 9.52. The fraction of sp³-hybridized carbons (Fsp3) is 0.812. The second-order valence-corrected chi connectivity index (χ2v) is 7.32. The van der Waals surface area contributed by atoms with Gasteiger partial charge in [-0.1, -0.05) is 20.8 Å². The van der Waals surface area contributed by atoms with Crippen LogP contribution < -0.4 is 10.2 Å². The Bertz CT molecular complexity index is 429. The number of thiazole rings is 1. The number of rotatable bonds is 5. The van der Waals surface area contributed by atoms with Crippen LogP contribution in [0.2, 0.25) is 0 Å². The highest BCUT2D eigenvalue weighted by Gasteiger charge is 2.25. The van der Waals surface area contributed by atoms with Crippen LogP contribution in [0, 0.1) is 18.8 Å². The van der Waals surface area contributed by atoms with E-state index >= 15 is 0 Å². The molecule has 2 rings (SSSR count). The lowest BCUT2D eigenvalue weighted by Crippen LogP contribution is -2.38. The maximum absolute atomic E-state index is 4.83. The van der Waals surface area contributed by atoms with Crippen LogP contribution in [0.1, 0.15) is 57.1 Å². The third-order valence-electron chi connectivity index (χ3n) is 4.52. The van der Waals surface area contributed by atoms with Gasteiger partial charge in [-0.15, -0.1) is 11.3 Å². The summed E-state index contributed by atoms with van der Waals surface area (Å²) in [6, 6.07) is 0.419. The SMILES string of the molecule is CCCNC(C)c1sc(N2CCC(C)C(C)C2)nc1C. The summed E-state index contributed by atoms with van der Waals surface area (Å²) in [7, 11) is 0. The molecule has 114 valence electrons. The molecule has 0 spiro atoms. The number of nitrogens with zero attached hydrogens (tertiary/aromatic N) is 2. The predicted octanol–water partition coefficient (Wildman–Crippen LogP) is 3.99. The van der Waals surface area contributed by atoms with Crippen molar-refractivity contribution in [2.24, 2.45) is 11.8 Å². The van der Waals surface area contributed by atoms with Gasteiger partial charge >= 0.3 is 0 Å². The van der Waals surface area contributed by atoms with Crippen molar-refractivity contribution < 1.29 is 0 Å². The van der Waals surface area contributed by atoms with Gasteiger partial charge in [0.1, 0.15) is 0 Å². The number of aromatic nitrogens is 1. The summed E-state index contributed by atoms with van der Waals surface area (Å²) < 4.78 is 0. The average Bonchev–Trinajstić information content (AvgIpc) is 2.81. The largest absolute Gasteiger partial charge is 0.348 e. The molecule has 1 aliphatic rings. The van der Waals surface area contributed by atoms with Crippen molar-refractivity contribution in [2.75, 3.05) is 24.5 Å². The summed E-state index contributed by atoms with van der Waals surface area (Å²) in [5, 5.41) is 4.80. The van der Waals surface area contributed by atoms with Crippen LogP contribution in [0.4, 0.5) is 5.13 Å². The van der Waals surface area contributed by atoms with E-state index in [1.54, 1.807) is 0 Å². The van der Waals surface area contributed by atoms with Crippen molar-refractivity contribution in [2.45, 2.75) is 53.5 Å². The minimum absolute atomic E-state index is 0.419. The van der Waals surface area contributed by atoms with Crippen LogP contribution >= 0.6 is 11.3 Å². The van der Waals surface area contributed by atoms with Gasteiger partial charge in [-0.3, -0.25) is 0 Å². The van der Waals surface area contributed by atoms with Crippen LogP contribution in [-0.4, -0.2) is 24.6 Å². The molecule has 2 heterocycles. The van der Waals surface area contributed by atoms with Crippen LogP contribution in [0.15, 0.2) is 0 Å². The van der Waals surface area contributed by atoms with Crippen LogP contribution in [0.25, 0.3) is 0 Å². The molecular formula is C16H29N3S. The Labute approximate surface area is 127 Å². The molecule has 0 aliphatic carbocycles. The van der Waals surface area contributed by atoms with Crippen molar-refractivity contribution in [3.8, 4) is 0 Å². The number of hydrogen-bond donors (Lipinski definition) is 1. The monoisotopic (exact) mass is 295 g/mol. The van der Waals surface area contributed by atoms with Crippen LogP contribution in [0.5, 0.6) is 0 Å². The summed E-state index contributed by atoms with van der Waals surface area (Å²) in [6.45, 7) is 14.7. The first kappa shape index (κ1) is 15.8. The van der Waals surface area contributed by atoms with Gasteiger partial charge in [0.15, 0.2) is 5.13 Å². The molecule has 20 heavy (non-hydrogen) atoms. The van der Waals surface area contributed by atoms with Crippen LogP contribution in [0.3, 0.4) is 0 Å². The summed E-state index contributed by atoms with van der Waals surface area (Å²) in [4.78, 5) is 8.71. The standard InChI is InChI=1S/C16H29N3S/c1-6-8-17-13(4)15-14(5)18-16(20-15)19-9-7-11(2)12(3)10-19/h11-13,17H,6-10H2,1-5H3. The molecule has 1 aromatic heterocycles. The smallest absolute Gasteiger partial charge is 0.185 e. The van der Waals surface area contributed by atoms with Gasteiger partial charge in [0.05, 0.1) is 5.69 Å². The minimum atomic E-state index is 0.419. The first-order valence-electron chi connectivity index (χ1n) is 7.98. The maximum Gasteiger partial charge on any atom is 0.185 e. The predicted molar refractivity (Wildman–Crippen MR) is 88.7 cm³/mol. The Hall–Kier alpha value is -0.610. The van der Waals surface area contributed by atoms with Gasteiger partial charge in [-0.05, 0) is 45.1 Å². The Morgan fingerprint density at radius 2 is 2.15 bits per heavy atom. The lowest BCUT2D eigenvalue weighted by Gasteiger charge is -2.35. The van der Waals surface area contributed by atoms with E-state index in [-0.39, 0.29) is 0 Å². The Morgan fingerprint density at radius 1 is 1.40 bits per heavy atom. The zero-order valence-electron chi connectivity index (χ0n) is 13.6. The van der Waals surface area contributed by atoms with E-state index in [0.717, 1.165) is 31.5 Å². The topological polar surface area (TPSA) is 28.2 Å². The molecule has 3 unspecified atom stereocenters. The lowest BCUT2D eigenvalue weighted by molar-refractivity contribution is 0.324.